The highest BCUT2D eigenvalue weighted by molar-refractivity contribution is 5.90. The maximum atomic E-state index is 11.7. The summed E-state index contributed by atoms with van der Waals surface area (Å²) in [5, 5.41) is 0. The first-order chi connectivity index (χ1) is 13.2. The van der Waals surface area contributed by atoms with Crippen LogP contribution in [0.4, 0.5) is 0 Å². The van der Waals surface area contributed by atoms with Crippen LogP contribution in [0.15, 0.2) is 48.5 Å². The summed E-state index contributed by atoms with van der Waals surface area (Å²) in [4.78, 5) is 22.5. The second-order valence-corrected chi connectivity index (χ2v) is 6.74. The van der Waals surface area contributed by atoms with E-state index in [-0.39, 0.29) is 5.97 Å². The number of hydrogen-bond donors (Lipinski definition) is 0. The average molecular weight is 364 g/mol. The Balaban J connectivity index is 1.50. The van der Waals surface area contributed by atoms with Crippen molar-refractivity contribution in [1.29, 1.82) is 0 Å². The number of benzene rings is 2. The summed E-state index contributed by atoms with van der Waals surface area (Å²) in [6.45, 7) is 0.631. The first-order valence-electron chi connectivity index (χ1n) is 9.27. The SMILES string of the molecule is COC(=O)c1ccc2c(c1)CCC(CCCOc1cccc(C=O)c1)C=C2. The number of methoxy groups -OCH3 is 1. The Kier molecular flexibility index (Phi) is 6.42. The smallest absolute Gasteiger partial charge is 0.337 e. The molecule has 4 heteroatoms. The lowest BCUT2D eigenvalue weighted by molar-refractivity contribution is 0.0600. The number of hydrogen-bond acceptors (Lipinski definition) is 4. The Morgan fingerprint density at radius 3 is 2.93 bits per heavy atom. The molecule has 2 aromatic carbocycles. The zero-order valence-electron chi connectivity index (χ0n) is 15.5. The van der Waals surface area contributed by atoms with Crippen molar-refractivity contribution in [2.24, 2.45) is 5.92 Å². The standard InChI is InChI=1S/C23H24O4/c1-26-23(25)21-12-11-19-9-7-17(8-10-20(19)15-21)5-3-13-27-22-6-2-4-18(14-22)16-24/h2,4,6-7,9,11-12,14-17H,3,5,8,10,13H2,1H3. The number of aldehydes is 1. The molecule has 0 bridgehead atoms. The van der Waals surface area contributed by atoms with Crippen molar-refractivity contribution < 1.29 is 19.1 Å². The summed E-state index contributed by atoms with van der Waals surface area (Å²) in [7, 11) is 1.40. The lowest BCUT2D eigenvalue weighted by Crippen LogP contribution is -2.04. The van der Waals surface area contributed by atoms with Crippen LogP contribution in [0, 0.1) is 5.92 Å². The van der Waals surface area contributed by atoms with E-state index in [2.05, 4.69) is 12.2 Å². The number of fused-ring (bicyclic) bond motifs is 1. The summed E-state index contributed by atoms with van der Waals surface area (Å²) in [5.74, 6) is 0.931. The van der Waals surface area contributed by atoms with Crippen molar-refractivity contribution in [2.75, 3.05) is 13.7 Å². The fraction of sp³-hybridized carbons (Fsp3) is 0.304. The summed E-state index contributed by atoms with van der Waals surface area (Å²) in [5.41, 5.74) is 3.60. The van der Waals surface area contributed by atoms with Crippen LogP contribution in [0.25, 0.3) is 6.08 Å². The molecule has 2 aromatic rings. The molecule has 1 atom stereocenters. The van der Waals surface area contributed by atoms with Crippen LogP contribution in [-0.2, 0) is 11.2 Å². The van der Waals surface area contributed by atoms with Crippen molar-refractivity contribution in [2.45, 2.75) is 25.7 Å². The molecule has 1 unspecified atom stereocenters. The molecule has 3 rings (SSSR count). The molecule has 0 aromatic heterocycles. The minimum atomic E-state index is -0.293. The highest BCUT2D eigenvalue weighted by atomic mass is 16.5. The molecular weight excluding hydrogens is 340 g/mol. The fourth-order valence-electron chi connectivity index (χ4n) is 3.36. The highest BCUT2D eigenvalue weighted by Crippen LogP contribution is 2.26. The van der Waals surface area contributed by atoms with E-state index in [1.807, 2.05) is 30.3 Å². The lowest BCUT2D eigenvalue weighted by atomic mass is 9.96. The Morgan fingerprint density at radius 1 is 1.22 bits per heavy atom. The molecule has 27 heavy (non-hydrogen) atoms. The summed E-state index contributed by atoms with van der Waals surface area (Å²) in [6.07, 6.45) is 9.23. The van der Waals surface area contributed by atoms with Gasteiger partial charge in [-0.25, -0.2) is 4.79 Å². The predicted octanol–water partition coefficient (Wildman–Crippen LogP) is 4.72. The van der Waals surface area contributed by atoms with E-state index in [0.717, 1.165) is 37.7 Å². The van der Waals surface area contributed by atoms with Gasteiger partial charge in [0, 0.05) is 5.56 Å². The van der Waals surface area contributed by atoms with Gasteiger partial charge in [0.2, 0.25) is 0 Å². The van der Waals surface area contributed by atoms with Crippen molar-refractivity contribution in [3.8, 4) is 5.75 Å². The van der Waals surface area contributed by atoms with Gasteiger partial charge in [-0.2, -0.15) is 0 Å². The molecule has 0 saturated heterocycles. The maximum Gasteiger partial charge on any atom is 0.337 e. The number of rotatable bonds is 7. The van der Waals surface area contributed by atoms with E-state index in [1.54, 1.807) is 12.1 Å². The molecule has 0 amide bonds. The highest BCUT2D eigenvalue weighted by Gasteiger charge is 2.14. The summed E-state index contributed by atoms with van der Waals surface area (Å²) >= 11 is 0. The largest absolute Gasteiger partial charge is 0.494 e. The van der Waals surface area contributed by atoms with E-state index in [4.69, 9.17) is 9.47 Å². The van der Waals surface area contributed by atoms with Crippen LogP contribution >= 0.6 is 0 Å². The first kappa shape index (κ1) is 18.9. The van der Waals surface area contributed by atoms with Crippen molar-refractivity contribution in [1.82, 2.24) is 0 Å². The summed E-state index contributed by atoms with van der Waals surface area (Å²) < 4.78 is 10.6. The fourth-order valence-corrected chi connectivity index (χ4v) is 3.36. The molecule has 0 spiro atoms. The molecule has 0 fully saturated rings. The van der Waals surface area contributed by atoms with Gasteiger partial charge in [-0.05, 0) is 67.0 Å². The van der Waals surface area contributed by atoms with Crippen LogP contribution in [0.5, 0.6) is 5.75 Å². The van der Waals surface area contributed by atoms with E-state index in [0.29, 0.717) is 23.7 Å². The van der Waals surface area contributed by atoms with Gasteiger partial charge >= 0.3 is 5.97 Å². The van der Waals surface area contributed by atoms with Crippen LogP contribution in [0.1, 0.15) is 51.1 Å². The van der Waals surface area contributed by atoms with Gasteiger partial charge in [0.15, 0.2) is 0 Å². The van der Waals surface area contributed by atoms with Crippen LogP contribution in [0.2, 0.25) is 0 Å². The van der Waals surface area contributed by atoms with E-state index in [9.17, 15) is 9.59 Å². The van der Waals surface area contributed by atoms with E-state index >= 15 is 0 Å². The minimum Gasteiger partial charge on any atom is -0.494 e. The molecule has 0 N–H and O–H groups in total. The third kappa shape index (κ3) is 5.07. The third-order valence-corrected chi connectivity index (χ3v) is 4.88. The van der Waals surface area contributed by atoms with Gasteiger partial charge in [0.1, 0.15) is 12.0 Å². The van der Waals surface area contributed by atoms with Crippen LogP contribution < -0.4 is 4.74 Å². The molecular formula is C23H24O4. The van der Waals surface area contributed by atoms with E-state index < -0.39 is 0 Å². The number of carbonyl (C=O) groups excluding carboxylic acids is 2. The lowest BCUT2D eigenvalue weighted by Gasteiger charge is -2.12. The minimum absolute atomic E-state index is 0.293. The van der Waals surface area contributed by atoms with Gasteiger partial charge in [-0.3, -0.25) is 4.79 Å². The van der Waals surface area contributed by atoms with Crippen LogP contribution in [-0.4, -0.2) is 26.0 Å². The second-order valence-electron chi connectivity index (χ2n) is 6.74. The Morgan fingerprint density at radius 2 is 2.11 bits per heavy atom. The quantitative estimate of drug-likeness (QED) is 0.405. The molecule has 0 aliphatic heterocycles. The Bertz CT molecular complexity index is 838. The van der Waals surface area contributed by atoms with Gasteiger partial charge < -0.3 is 9.47 Å². The van der Waals surface area contributed by atoms with Gasteiger partial charge in [0.25, 0.3) is 0 Å². The van der Waals surface area contributed by atoms with Gasteiger partial charge in [0.05, 0.1) is 19.3 Å². The molecule has 1 aliphatic rings. The predicted molar refractivity (Wildman–Crippen MR) is 105 cm³/mol. The van der Waals surface area contributed by atoms with Gasteiger partial charge in [-0.1, -0.05) is 30.4 Å². The van der Waals surface area contributed by atoms with Gasteiger partial charge in [-0.15, -0.1) is 0 Å². The number of allylic oxidation sites excluding steroid dienone is 1. The number of carbonyl (C=O) groups is 2. The zero-order chi connectivity index (χ0) is 19.1. The molecule has 4 nitrogen and oxygen atoms in total. The number of esters is 1. The van der Waals surface area contributed by atoms with Crippen LogP contribution in [0.3, 0.4) is 0 Å². The second kappa shape index (κ2) is 9.17. The monoisotopic (exact) mass is 364 g/mol. The Labute approximate surface area is 159 Å². The molecule has 0 saturated carbocycles. The van der Waals surface area contributed by atoms with Crippen molar-refractivity contribution in [3.05, 3.63) is 70.8 Å². The topological polar surface area (TPSA) is 52.6 Å². The zero-order valence-corrected chi connectivity index (χ0v) is 15.5. The summed E-state index contributed by atoms with van der Waals surface area (Å²) in [6, 6.07) is 13.0. The average Bonchev–Trinajstić information content (AvgIpc) is 2.92. The number of ether oxygens (including phenoxy) is 2. The molecule has 1 aliphatic carbocycles. The number of aryl methyl sites for hydroxylation is 1. The molecule has 0 heterocycles. The maximum absolute atomic E-state index is 11.7. The van der Waals surface area contributed by atoms with Crippen molar-refractivity contribution >= 4 is 18.3 Å². The Hall–Kier alpha value is -2.88. The molecule has 140 valence electrons. The normalized spacial score (nSPS) is 15.5. The third-order valence-electron chi connectivity index (χ3n) is 4.88. The van der Waals surface area contributed by atoms with Crippen molar-refractivity contribution in [3.63, 3.8) is 0 Å². The van der Waals surface area contributed by atoms with E-state index in [1.165, 1.54) is 18.2 Å². The first-order valence-corrected chi connectivity index (χ1v) is 9.27. The molecule has 0 radical (unpaired) electrons.